The van der Waals surface area contributed by atoms with Gasteiger partial charge in [-0.3, -0.25) is 4.79 Å². The molecule has 2 heterocycles. The third-order valence-electron chi connectivity index (χ3n) is 5.07. The first-order valence-electron chi connectivity index (χ1n) is 10.2. The van der Waals surface area contributed by atoms with Crippen LogP contribution in [-0.2, 0) is 10.0 Å². The molecule has 1 N–H and O–H groups in total. The van der Waals surface area contributed by atoms with Gasteiger partial charge in [0, 0.05) is 29.2 Å². The van der Waals surface area contributed by atoms with E-state index in [-0.39, 0.29) is 5.91 Å². The number of sulfonamides is 1. The van der Waals surface area contributed by atoms with Gasteiger partial charge in [0.05, 0.1) is 6.61 Å². The van der Waals surface area contributed by atoms with Crippen molar-refractivity contribution in [2.45, 2.75) is 24.0 Å². The molecule has 1 aliphatic rings. The second-order valence-electron chi connectivity index (χ2n) is 7.22. The van der Waals surface area contributed by atoms with Gasteiger partial charge < -0.3 is 10.1 Å². The van der Waals surface area contributed by atoms with Crippen molar-refractivity contribution in [2.75, 3.05) is 25.0 Å². The number of hydrogen-bond acceptors (Lipinski definition) is 5. The zero-order valence-electron chi connectivity index (χ0n) is 17.2. The van der Waals surface area contributed by atoms with Gasteiger partial charge in [0.2, 0.25) is 0 Å². The number of rotatable bonds is 7. The molecule has 6 nitrogen and oxygen atoms in total. The maximum Gasteiger partial charge on any atom is 0.255 e. The second kappa shape index (κ2) is 9.21. The van der Waals surface area contributed by atoms with Gasteiger partial charge in [-0.15, -0.1) is 11.3 Å². The summed E-state index contributed by atoms with van der Waals surface area (Å²) in [5, 5.41) is 2.88. The van der Waals surface area contributed by atoms with Crippen LogP contribution in [0.4, 0.5) is 5.69 Å². The molecular weight excluding hydrogens is 432 g/mol. The third kappa shape index (κ3) is 4.81. The van der Waals surface area contributed by atoms with E-state index in [1.54, 1.807) is 46.8 Å². The van der Waals surface area contributed by atoms with Gasteiger partial charge >= 0.3 is 0 Å². The van der Waals surface area contributed by atoms with Crippen LogP contribution in [0.5, 0.6) is 5.75 Å². The van der Waals surface area contributed by atoms with Crippen molar-refractivity contribution in [1.29, 1.82) is 0 Å². The first-order valence-corrected chi connectivity index (χ1v) is 12.5. The molecule has 0 saturated carbocycles. The average Bonchev–Trinajstić information content (AvgIpc) is 3.48. The van der Waals surface area contributed by atoms with Crippen LogP contribution in [0.1, 0.15) is 30.1 Å². The van der Waals surface area contributed by atoms with Crippen LogP contribution in [0, 0.1) is 0 Å². The molecule has 1 amide bonds. The Hall–Kier alpha value is -2.68. The highest BCUT2D eigenvalue weighted by atomic mass is 32.2. The lowest BCUT2D eigenvalue weighted by Gasteiger charge is -2.13. The summed E-state index contributed by atoms with van der Waals surface area (Å²) in [5.74, 6) is 0.521. The molecule has 0 atom stereocenters. The minimum atomic E-state index is -3.44. The molecule has 31 heavy (non-hydrogen) atoms. The molecule has 162 valence electrons. The zero-order valence-corrected chi connectivity index (χ0v) is 18.8. The van der Waals surface area contributed by atoms with Crippen molar-refractivity contribution < 1.29 is 17.9 Å². The lowest BCUT2D eigenvalue weighted by Crippen LogP contribution is -2.27. The van der Waals surface area contributed by atoms with Crippen LogP contribution in [0.3, 0.4) is 0 Å². The summed E-state index contributed by atoms with van der Waals surface area (Å²) in [6.45, 7) is 3.66. The third-order valence-corrected chi connectivity index (χ3v) is 8.57. The molecule has 1 saturated heterocycles. The summed E-state index contributed by atoms with van der Waals surface area (Å²) < 4.78 is 32.9. The predicted octanol–water partition coefficient (Wildman–Crippen LogP) is 4.85. The standard InChI is InChI=1S/C23H24N2O4S2/c1-2-29-20-10-8-19(9-11-20)24-23(26)18-7-5-6-17(16-18)21-12-13-22(30-21)31(27,28)25-14-3-4-15-25/h5-13,16H,2-4,14-15H2,1H3,(H,24,26). The number of carbonyl (C=O) groups excluding carboxylic acids is 1. The fourth-order valence-corrected chi connectivity index (χ4v) is 6.46. The number of ether oxygens (including phenoxy) is 1. The molecule has 1 fully saturated rings. The number of hydrogen-bond donors (Lipinski definition) is 1. The highest BCUT2D eigenvalue weighted by Gasteiger charge is 2.28. The van der Waals surface area contributed by atoms with Crippen LogP contribution < -0.4 is 10.1 Å². The van der Waals surface area contributed by atoms with Crippen LogP contribution in [0.2, 0.25) is 0 Å². The monoisotopic (exact) mass is 456 g/mol. The van der Waals surface area contributed by atoms with E-state index in [0.29, 0.717) is 35.2 Å². The number of nitrogens with zero attached hydrogens (tertiary/aromatic N) is 1. The SMILES string of the molecule is CCOc1ccc(NC(=O)c2cccc(-c3ccc(S(=O)(=O)N4CCCC4)s3)c2)cc1. The Morgan fingerprint density at radius 1 is 1.06 bits per heavy atom. The van der Waals surface area contributed by atoms with E-state index in [1.165, 1.54) is 11.3 Å². The first-order chi connectivity index (χ1) is 15.0. The number of nitrogens with one attached hydrogen (secondary N) is 1. The Kier molecular flexibility index (Phi) is 6.41. The van der Waals surface area contributed by atoms with Gasteiger partial charge in [-0.2, -0.15) is 4.31 Å². The van der Waals surface area contributed by atoms with Crippen molar-refractivity contribution in [3.63, 3.8) is 0 Å². The van der Waals surface area contributed by atoms with E-state index < -0.39 is 10.0 Å². The summed E-state index contributed by atoms with van der Waals surface area (Å²) in [5.41, 5.74) is 1.99. The van der Waals surface area contributed by atoms with Crippen molar-refractivity contribution in [1.82, 2.24) is 4.31 Å². The van der Waals surface area contributed by atoms with E-state index in [4.69, 9.17) is 4.74 Å². The molecule has 1 aromatic heterocycles. The van der Waals surface area contributed by atoms with Gasteiger partial charge in [-0.25, -0.2) is 8.42 Å². The van der Waals surface area contributed by atoms with Gasteiger partial charge in [0.15, 0.2) is 0 Å². The van der Waals surface area contributed by atoms with E-state index >= 15 is 0 Å². The lowest BCUT2D eigenvalue weighted by molar-refractivity contribution is 0.102. The molecule has 3 aromatic rings. The van der Waals surface area contributed by atoms with Crippen molar-refractivity contribution >= 4 is 33.0 Å². The number of carbonyl (C=O) groups is 1. The predicted molar refractivity (Wildman–Crippen MR) is 123 cm³/mol. The molecule has 2 aromatic carbocycles. The Morgan fingerprint density at radius 2 is 1.81 bits per heavy atom. The quantitative estimate of drug-likeness (QED) is 0.551. The topological polar surface area (TPSA) is 75.7 Å². The fourth-order valence-electron chi connectivity index (χ4n) is 3.49. The van der Waals surface area contributed by atoms with E-state index in [2.05, 4.69) is 5.32 Å². The summed E-state index contributed by atoms with van der Waals surface area (Å²) in [6, 6.07) is 17.9. The molecule has 0 unspecified atom stereocenters. The smallest absolute Gasteiger partial charge is 0.255 e. The molecule has 0 aliphatic carbocycles. The van der Waals surface area contributed by atoms with Gasteiger partial charge in [-0.05, 0) is 73.9 Å². The second-order valence-corrected chi connectivity index (χ2v) is 10.5. The molecule has 4 rings (SSSR count). The van der Waals surface area contributed by atoms with Crippen LogP contribution in [0.15, 0.2) is 64.9 Å². The molecule has 0 bridgehead atoms. The molecule has 0 spiro atoms. The average molecular weight is 457 g/mol. The van der Waals surface area contributed by atoms with Crippen LogP contribution in [-0.4, -0.2) is 38.3 Å². The largest absolute Gasteiger partial charge is 0.494 e. The summed E-state index contributed by atoms with van der Waals surface area (Å²) in [4.78, 5) is 13.5. The summed E-state index contributed by atoms with van der Waals surface area (Å²) in [7, 11) is -3.44. The normalized spacial score (nSPS) is 14.5. The van der Waals surface area contributed by atoms with E-state index in [0.717, 1.165) is 29.0 Å². The maximum atomic E-state index is 12.8. The van der Waals surface area contributed by atoms with Gasteiger partial charge in [0.25, 0.3) is 15.9 Å². The number of thiophene rings is 1. The van der Waals surface area contributed by atoms with Crippen LogP contribution >= 0.6 is 11.3 Å². The molecule has 8 heteroatoms. The Labute approximate surface area is 186 Å². The number of anilines is 1. The van der Waals surface area contributed by atoms with E-state index in [1.807, 2.05) is 25.1 Å². The Bertz CT molecular complexity index is 1160. The van der Waals surface area contributed by atoms with E-state index in [9.17, 15) is 13.2 Å². The Balaban J connectivity index is 1.50. The summed E-state index contributed by atoms with van der Waals surface area (Å²) >= 11 is 1.24. The summed E-state index contributed by atoms with van der Waals surface area (Å²) in [6.07, 6.45) is 1.81. The minimum absolute atomic E-state index is 0.229. The van der Waals surface area contributed by atoms with Gasteiger partial charge in [-0.1, -0.05) is 12.1 Å². The van der Waals surface area contributed by atoms with Crippen molar-refractivity contribution in [3.05, 3.63) is 66.2 Å². The highest BCUT2D eigenvalue weighted by molar-refractivity contribution is 7.91. The number of benzene rings is 2. The zero-order chi connectivity index (χ0) is 21.8. The minimum Gasteiger partial charge on any atom is -0.494 e. The Morgan fingerprint density at radius 3 is 2.52 bits per heavy atom. The fraction of sp³-hybridized carbons (Fsp3) is 0.261. The molecule has 0 radical (unpaired) electrons. The maximum absolute atomic E-state index is 12.8. The van der Waals surface area contributed by atoms with Gasteiger partial charge in [0.1, 0.15) is 9.96 Å². The highest BCUT2D eigenvalue weighted by Crippen LogP contribution is 2.33. The molecule has 1 aliphatic heterocycles. The van der Waals surface area contributed by atoms with Crippen LogP contribution in [0.25, 0.3) is 10.4 Å². The lowest BCUT2D eigenvalue weighted by atomic mass is 10.1. The first kappa shape index (κ1) is 21.5. The van der Waals surface area contributed by atoms with Crippen molar-refractivity contribution in [2.24, 2.45) is 0 Å². The number of amides is 1. The molecular formula is C23H24N2O4S2. The van der Waals surface area contributed by atoms with Crippen molar-refractivity contribution in [3.8, 4) is 16.2 Å².